The van der Waals surface area contributed by atoms with Crippen molar-refractivity contribution in [3.05, 3.63) is 17.5 Å². The van der Waals surface area contributed by atoms with Crippen molar-refractivity contribution in [2.75, 3.05) is 32.8 Å². The lowest BCUT2D eigenvalue weighted by atomic mass is 9.73. The highest BCUT2D eigenvalue weighted by Gasteiger charge is 2.43. The Kier molecular flexibility index (Phi) is 6.60. The van der Waals surface area contributed by atoms with E-state index in [1.54, 1.807) is 17.9 Å². The van der Waals surface area contributed by atoms with Gasteiger partial charge in [-0.2, -0.15) is 0 Å². The molecular weight excluding hydrogens is 400 g/mol. The Bertz CT molecular complexity index is 811. The van der Waals surface area contributed by atoms with Crippen molar-refractivity contribution in [2.45, 2.75) is 63.8 Å². The van der Waals surface area contributed by atoms with Crippen molar-refractivity contribution in [3.8, 4) is 0 Å². The Hall–Kier alpha value is -2.42. The highest BCUT2D eigenvalue weighted by atomic mass is 16.5. The van der Waals surface area contributed by atoms with E-state index < -0.39 is 11.5 Å². The zero-order valence-electron chi connectivity index (χ0n) is 18.2. The largest absolute Gasteiger partial charge is 0.380 e. The second-order valence-corrected chi connectivity index (χ2v) is 9.02. The minimum atomic E-state index is -0.610. The first kappa shape index (κ1) is 21.8. The molecule has 2 aliphatic heterocycles. The lowest BCUT2D eigenvalue weighted by molar-refractivity contribution is -0.137. The molecule has 3 aliphatic rings. The standard InChI is InChI=1S/C22H32N4O5/c1-15-19(27)23-9-13-30-12-3-2-6-22(21(29)24-15)7-10-26(11-8-22)20(28)17-14-18(31-25-17)16-4-5-16/h14-16H,2-13H2,1H3,(H,23,27)(H,24,29)/t15-/m0/s1. The Labute approximate surface area is 182 Å². The van der Waals surface area contributed by atoms with E-state index in [0.717, 1.165) is 31.4 Å². The number of piperidine rings is 1. The van der Waals surface area contributed by atoms with Gasteiger partial charge in [-0.05, 0) is 45.4 Å². The maximum absolute atomic E-state index is 13.2. The molecule has 2 N–H and O–H groups in total. The van der Waals surface area contributed by atoms with Crippen LogP contribution in [-0.4, -0.2) is 66.7 Å². The van der Waals surface area contributed by atoms with Crippen LogP contribution in [0.3, 0.4) is 0 Å². The molecule has 4 rings (SSSR count). The fourth-order valence-electron chi connectivity index (χ4n) is 4.43. The van der Waals surface area contributed by atoms with Gasteiger partial charge in [0.15, 0.2) is 5.69 Å². The number of carbonyl (C=O) groups is 3. The third-order valence-electron chi connectivity index (χ3n) is 6.70. The molecule has 2 saturated heterocycles. The molecule has 0 aromatic carbocycles. The zero-order chi connectivity index (χ0) is 21.8. The van der Waals surface area contributed by atoms with Crippen molar-refractivity contribution in [2.24, 2.45) is 5.41 Å². The van der Waals surface area contributed by atoms with E-state index in [1.807, 2.05) is 0 Å². The first-order valence-corrected chi connectivity index (χ1v) is 11.4. The summed E-state index contributed by atoms with van der Waals surface area (Å²) in [6.45, 7) is 4.18. The van der Waals surface area contributed by atoms with Crippen LogP contribution in [0.1, 0.15) is 74.0 Å². The van der Waals surface area contributed by atoms with E-state index in [4.69, 9.17) is 9.26 Å². The van der Waals surface area contributed by atoms with Crippen LogP contribution in [0.15, 0.2) is 10.6 Å². The van der Waals surface area contributed by atoms with Gasteiger partial charge >= 0.3 is 0 Å². The number of ether oxygens (including phenoxy) is 1. The molecular formula is C22H32N4O5. The first-order valence-electron chi connectivity index (χ1n) is 11.4. The number of rotatable bonds is 2. The first-order chi connectivity index (χ1) is 15.0. The van der Waals surface area contributed by atoms with E-state index in [1.165, 1.54) is 0 Å². The molecule has 1 aromatic rings. The fraction of sp³-hybridized carbons (Fsp3) is 0.727. The van der Waals surface area contributed by atoms with Crippen molar-refractivity contribution in [1.29, 1.82) is 0 Å². The van der Waals surface area contributed by atoms with Gasteiger partial charge in [0.1, 0.15) is 11.8 Å². The normalized spacial score (nSPS) is 25.7. The van der Waals surface area contributed by atoms with Gasteiger partial charge in [-0.3, -0.25) is 14.4 Å². The molecule has 0 radical (unpaired) electrons. The van der Waals surface area contributed by atoms with E-state index in [2.05, 4.69) is 15.8 Å². The highest BCUT2D eigenvalue weighted by molar-refractivity contribution is 5.93. The van der Waals surface area contributed by atoms with Crippen molar-refractivity contribution >= 4 is 17.7 Å². The number of nitrogens with one attached hydrogen (secondary N) is 2. The van der Waals surface area contributed by atoms with Gasteiger partial charge in [-0.25, -0.2) is 0 Å². The summed E-state index contributed by atoms with van der Waals surface area (Å²) in [5, 5.41) is 9.66. The number of hydrogen-bond donors (Lipinski definition) is 2. The van der Waals surface area contributed by atoms with Gasteiger partial charge in [0, 0.05) is 38.2 Å². The molecule has 1 spiro atoms. The zero-order valence-corrected chi connectivity index (χ0v) is 18.2. The summed E-state index contributed by atoms with van der Waals surface area (Å²) in [6.07, 6.45) is 5.75. The maximum atomic E-state index is 13.2. The minimum Gasteiger partial charge on any atom is -0.380 e. The predicted molar refractivity (Wildman–Crippen MR) is 111 cm³/mol. The van der Waals surface area contributed by atoms with E-state index in [9.17, 15) is 14.4 Å². The smallest absolute Gasteiger partial charge is 0.276 e. The molecule has 1 atom stereocenters. The average molecular weight is 433 g/mol. The molecule has 0 bridgehead atoms. The van der Waals surface area contributed by atoms with Gasteiger partial charge in [-0.15, -0.1) is 0 Å². The van der Waals surface area contributed by atoms with Crippen molar-refractivity contribution in [3.63, 3.8) is 0 Å². The van der Waals surface area contributed by atoms with Gasteiger partial charge in [0.25, 0.3) is 5.91 Å². The number of hydrogen-bond acceptors (Lipinski definition) is 6. The molecule has 3 amide bonds. The second kappa shape index (κ2) is 9.38. The molecule has 1 saturated carbocycles. The van der Waals surface area contributed by atoms with Crippen LogP contribution in [0.5, 0.6) is 0 Å². The summed E-state index contributed by atoms with van der Waals surface area (Å²) in [7, 11) is 0. The Balaban J connectivity index is 1.41. The SMILES string of the molecule is C[C@@H]1NC(=O)C2(CCCCOCCNC1=O)CCN(C(=O)c1cc(C3CC3)on1)CC2. The monoisotopic (exact) mass is 432 g/mol. The molecule has 9 heteroatoms. The van der Waals surface area contributed by atoms with Crippen LogP contribution in [0.25, 0.3) is 0 Å². The van der Waals surface area contributed by atoms with Crippen LogP contribution >= 0.6 is 0 Å². The lowest BCUT2D eigenvalue weighted by Gasteiger charge is -2.41. The van der Waals surface area contributed by atoms with Crippen LogP contribution in [0, 0.1) is 5.41 Å². The number of aromatic nitrogens is 1. The molecule has 3 fully saturated rings. The Morgan fingerprint density at radius 3 is 2.68 bits per heavy atom. The van der Waals surface area contributed by atoms with Gasteiger partial charge in [0.05, 0.1) is 12.0 Å². The Morgan fingerprint density at radius 2 is 1.94 bits per heavy atom. The van der Waals surface area contributed by atoms with Crippen LogP contribution in [0.2, 0.25) is 0 Å². The summed E-state index contributed by atoms with van der Waals surface area (Å²) >= 11 is 0. The molecule has 31 heavy (non-hydrogen) atoms. The molecule has 0 unspecified atom stereocenters. The van der Waals surface area contributed by atoms with Crippen molar-refractivity contribution < 1.29 is 23.6 Å². The predicted octanol–water partition coefficient (Wildman–Crippen LogP) is 1.60. The third kappa shape index (κ3) is 5.08. The average Bonchev–Trinajstić information content (AvgIpc) is 3.51. The topological polar surface area (TPSA) is 114 Å². The number of carbonyl (C=O) groups excluding carboxylic acids is 3. The Morgan fingerprint density at radius 1 is 1.16 bits per heavy atom. The third-order valence-corrected chi connectivity index (χ3v) is 6.70. The summed E-state index contributed by atoms with van der Waals surface area (Å²) < 4.78 is 10.9. The summed E-state index contributed by atoms with van der Waals surface area (Å²) in [4.78, 5) is 40.1. The highest BCUT2D eigenvalue weighted by Crippen LogP contribution is 2.41. The van der Waals surface area contributed by atoms with Crippen LogP contribution in [0.4, 0.5) is 0 Å². The molecule has 9 nitrogen and oxygen atoms in total. The fourth-order valence-corrected chi connectivity index (χ4v) is 4.43. The molecule has 170 valence electrons. The van der Waals surface area contributed by atoms with Crippen molar-refractivity contribution in [1.82, 2.24) is 20.7 Å². The number of likely N-dealkylation sites (tertiary alicyclic amines) is 1. The van der Waals surface area contributed by atoms with E-state index >= 15 is 0 Å². The van der Waals surface area contributed by atoms with E-state index in [0.29, 0.717) is 63.7 Å². The lowest BCUT2D eigenvalue weighted by Crippen LogP contribution is -2.54. The summed E-state index contributed by atoms with van der Waals surface area (Å²) in [5.41, 5.74) is -0.234. The minimum absolute atomic E-state index is 0.0973. The molecule has 3 heterocycles. The number of nitrogens with zero attached hydrogens (tertiary/aromatic N) is 2. The second-order valence-electron chi connectivity index (χ2n) is 9.02. The van der Waals surface area contributed by atoms with Crippen LogP contribution < -0.4 is 10.6 Å². The van der Waals surface area contributed by atoms with Crippen LogP contribution in [-0.2, 0) is 14.3 Å². The quantitative estimate of drug-likeness (QED) is 0.734. The van der Waals surface area contributed by atoms with Gasteiger partial charge in [-0.1, -0.05) is 11.6 Å². The van der Waals surface area contributed by atoms with E-state index in [-0.39, 0.29) is 17.7 Å². The molecule has 1 aliphatic carbocycles. The van der Waals surface area contributed by atoms with Gasteiger partial charge in [0.2, 0.25) is 11.8 Å². The summed E-state index contributed by atoms with van der Waals surface area (Å²) in [6, 6.07) is 1.15. The number of amides is 3. The van der Waals surface area contributed by atoms with Gasteiger partial charge < -0.3 is 24.8 Å². The summed E-state index contributed by atoms with van der Waals surface area (Å²) in [5.74, 6) is 0.750. The maximum Gasteiger partial charge on any atom is 0.276 e. The molecule has 1 aromatic heterocycles.